The van der Waals surface area contributed by atoms with Gasteiger partial charge in [-0.3, -0.25) is 4.79 Å². The summed E-state index contributed by atoms with van der Waals surface area (Å²) in [4.78, 5) is 23.1. The summed E-state index contributed by atoms with van der Waals surface area (Å²) in [5.74, 6) is 0.290. The molecule has 0 N–H and O–H groups in total. The van der Waals surface area contributed by atoms with Gasteiger partial charge in [0.05, 0.1) is 24.5 Å². The van der Waals surface area contributed by atoms with Crippen LogP contribution in [0.25, 0.3) is 11.3 Å². The molecule has 0 saturated carbocycles. The summed E-state index contributed by atoms with van der Waals surface area (Å²) in [6, 6.07) is 5.30. The van der Waals surface area contributed by atoms with Gasteiger partial charge in [0.1, 0.15) is 6.33 Å². The summed E-state index contributed by atoms with van der Waals surface area (Å²) >= 11 is 0. The molecule has 0 unspecified atom stereocenters. The van der Waals surface area contributed by atoms with E-state index in [2.05, 4.69) is 9.97 Å². The normalized spacial score (nSPS) is 14.3. The maximum atomic E-state index is 12.5. The van der Waals surface area contributed by atoms with Crippen LogP contribution in [0.2, 0.25) is 0 Å². The molecule has 0 fully saturated rings. The average Bonchev–Trinajstić information content (AvgIpc) is 3.24. The largest absolute Gasteiger partial charge is 0.472 e. The van der Waals surface area contributed by atoms with Gasteiger partial charge in [-0.05, 0) is 24.6 Å². The highest BCUT2D eigenvalue weighted by molar-refractivity contribution is 5.91. The molecule has 0 atom stereocenters. The van der Waals surface area contributed by atoms with Crippen LogP contribution in [0.1, 0.15) is 21.8 Å². The lowest BCUT2D eigenvalue weighted by Crippen LogP contribution is -2.33. The number of furan rings is 2. The standard InChI is InChI=1S/C17H15N3O3/c21-17(15-2-1-8-23-15)20-6-3-13-14(4-7-20)18-11-19-16(13)12-5-9-22-10-12/h1-2,5,8-11H,3-4,6-7H2. The Morgan fingerprint density at radius 2 is 2.04 bits per heavy atom. The summed E-state index contributed by atoms with van der Waals surface area (Å²) in [5, 5.41) is 0. The smallest absolute Gasteiger partial charge is 0.289 e. The molecule has 6 heteroatoms. The van der Waals surface area contributed by atoms with Gasteiger partial charge in [-0.15, -0.1) is 0 Å². The molecule has 1 aliphatic rings. The number of rotatable bonds is 2. The molecule has 0 bridgehead atoms. The molecule has 23 heavy (non-hydrogen) atoms. The van der Waals surface area contributed by atoms with E-state index in [1.807, 2.05) is 6.07 Å². The minimum atomic E-state index is -0.0828. The van der Waals surface area contributed by atoms with Crippen LogP contribution in [0.4, 0.5) is 0 Å². The summed E-state index contributed by atoms with van der Waals surface area (Å²) in [6.45, 7) is 1.24. The number of fused-ring (bicyclic) bond motifs is 1. The lowest BCUT2D eigenvalue weighted by molar-refractivity contribution is 0.0731. The van der Waals surface area contributed by atoms with Gasteiger partial charge in [0.25, 0.3) is 5.91 Å². The first-order valence-electron chi connectivity index (χ1n) is 7.51. The fourth-order valence-electron chi connectivity index (χ4n) is 2.93. The first-order valence-corrected chi connectivity index (χ1v) is 7.51. The average molecular weight is 309 g/mol. The van der Waals surface area contributed by atoms with E-state index >= 15 is 0 Å². The molecular weight excluding hydrogens is 294 g/mol. The Bertz CT molecular complexity index is 810. The van der Waals surface area contributed by atoms with E-state index in [9.17, 15) is 4.79 Å². The van der Waals surface area contributed by atoms with Crippen LogP contribution >= 0.6 is 0 Å². The van der Waals surface area contributed by atoms with Crippen molar-refractivity contribution in [1.82, 2.24) is 14.9 Å². The second kappa shape index (κ2) is 5.72. The second-order valence-electron chi connectivity index (χ2n) is 5.43. The summed E-state index contributed by atoms with van der Waals surface area (Å²) in [5.41, 5.74) is 3.90. The zero-order valence-electron chi connectivity index (χ0n) is 12.4. The third kappa shape index (κ3) is 2.52. The molecule has 0 radical (unpaired) electrons. The maximum Gasteiger partial charge on any atom is 0.289 e. The highest BCUT2D eigenvalue weighted by atomic mass is 16.3. The molecule has 1 amide bonds. The fraction of sp³-hybridized carbons (Fsp3) is 0.235. The molecule has 116 valence electrons. The molecule has 4 heterocycles. The van der Waals surface area contributed by atoms with E-state index in [1.54, 1.807) is 35.9 Å². The van der Waals surface area contributed by atoms with Gasteiger partial charge in [0.15, 0.2) is 5.76 Å². The minimum Gasteiger partial charge on any atom is -0.472 e. The summed E-state index contributed by atoms with van der Waals surface area (Å²) in [7, 11) is 0. The lowest BCUT2D eigenvalue weighted by atomic mass is 10.0. The van der Waals surface area contributed by atoms with E-state index in [-0.39, 0.29) is 5.91 Å². The summed E-state index contributed by atoms with van der Waals surface area (Å²) < 4.78 is 10.4. The van der Waals surface area contributed by atoms with Crippen molar-refractivity contribution in [3.8, 4) is 11.3 Å². The first-order chi connectivity index (χ1) is 11.3. The molecule has 3 aromatic heterocycles. The first kappa shape index (κ1) is 13.8. The van der Waals surface area contributed by atoms with E-state index in [4.69, 9.17) is 8.83 Å². The van der Waals surface area contributed by atoms with Crippen molar-refractivity contribution in [2.24, 2.45) is 0 Å². The Morgan fingerprint density at radius 1 is 1.13 bits per heavy atom. The van der Waals surface area contributed by atoms with Crippen molar-refractivity contribution in [2.45, 2.75) is 12.8 Å². The van der Waals surface area contributed by atoms with Gasteiger partial charge in [0, 0.05) is 36.3 Å². The zero-order valence-corrected chi connectivity index (χ0v) is 12.4. The second-order valence-corrected chi connectivity index (χ2v) is 5.43. The van der Waals surface area contributed by atoms with Gasteiger partial charge in [-0.25, -0.2) is 9.97 Å². The molecule has 6 nitrogen and oxygen atoms in total. The van der Waals surface area contributed by atoms with Gasteiger partial charge >= 0.3 is 0 Å². The third-order valence-electron chi connectivity index (χ3n) is 4.10. The van der Waals surface area contributed by atoms with Crippen molar-refractivity contribution in [3.63, 3.8) is 0 Å². The van der Waals surface area contributed by atoms with Gasteiger partial charge < -0.3 is 13.7 Å². The van der Waals surface area contributed by atoms with E-state index in [1.165, 1.54) is 6.26 Å². The highest BCUT2D eigenvalue weighted by Crippen LogP contribution is 2.26. The van der Waals surface area contributed by atoms with Crippen molar-refractivity contribution in [1.29, 1.82) is 0 Å². The lowest BCUT2D eigenvalue weighted by Gasteiger charge is -2.18. The maximum absolute atomic E-state index is 12.5. The third-order valence-corrected chi connectivity index (χ3v) is 4.10. The summed E-state index contributed by atoms with van der Waals surface area (Å²) in [6.07, 6.45) is 7.82. The van der Waals surface area contributed by atoms with Crippen LogP contribution in [0, 0.1) is 0 Å². The number of nitrogens with zero attached hydrogens (tertiary/aromatic N) is 3. The monoisotopic (exact) mass is 309 g/mol. The topological polar surface area (TPSA) is 72.4 Å². The Balaban J connectivity index is 1.62. The van der Waals surface area contributed by atoms with E-state index in [0.717, 1.165) is 22.5 Å². The molecule has 3 aromatic rings. The Morgan fingerprint density at radius 3 is 2.83 bits per heavy atom. The molecule has 1 aliphatic heterocycles. The number of carbonyl (C=O) groups excluding carboxylic acids is 1. The van der Waals surface area contributed by atoms with Crippen molar-refractivity contribution < 1.29 is 13.6 Å². The Kier molecular flexibility index (Phi) is 3.42. The van der Waals surface area contributed by atoms with Crippen LogP contribution in [-0.2, 0) is 12.8 Å². The van der Waals surface area contributed by atoms with E-state index in [0.29, 0.717) is 31.7 Å². The SMILES string of the molecule is O=C(c1ccco1)N1CCc2ncnc(-c3ccoc3)c2CC1. The Labute approximate surface area is 132 Å². The van der Waals surface area contributed by atoms with E-state index < -0.39 is 0 Å². The van der Waals surface area contributed by atoms with Crippen LogP contribution in [0.3, 0.4) is 0 Å². The Hall–Kier alpha value is -2.89. The van der Waals surface area contributed by atoms with Crippen LogP contribution in [-0.4, -0.2) is 33.9 Å². The number of amides is 1. The number of aromatic nitrogens is 2. The fourth-order valence-corrected chi connectivity index (χ4v) is 2.93. The molecule has 0 saturated heterocycles. The van der Waals surface area contributed by atoms with Crippen molar-refractivity contribution >= 4 is 5.91 Å². The highest BCUT2D eigenvalue weighted by Gasteiger charge is 2.24. The predicted octanol–water partition coefficient (Wildman–Crippen LogP) is 2.57. The van der Waals surface area contributed by atoms with Crippen molar-refractivity contribution in [2.75, 3.05) is 13.1 Å². The number of carbonyl (C=O) groups is 1. The van der Waals surface area contributed by atoms with Gasteiger partial charge in [0.2, 0.25) is 0 Å². The molecular formula is C17H15N3O3. The molecule has 4 rings (SSSR count). The molecule has 0 aliphatic carbocycles. The van der Waals surface area contributed by atoms with Crippen LogP contribution in [0.15, 0.2) is 52.2 Å². The van der Waals surface area contributed by atoms with Crippen LogP contribution in [0.5, 0.6) is 0 Å². The quantitative estimate of drug-likeness (QED) is 0.727. The molecule has 0 aromatic carbocycles. The molecule has 0 spiro atoms. The van der Waals surface area contributed by atoms with Crippen LogP contribution < -0.4 is 0 Å². The number of hydrogen-bond acceptors (Lipinski definition) is 5. The zero-order chi connectivity index (χ0) is 15.6. The van der Waals surface area contributed by atoms with Crippen molar-refractivity contribution in [3.05, 3.63) is 60.3 Å². The van der Waals surface area contributed by atoms with Gasteiger partial charge in [-0.2, -0.15) is 0 Å². The number of hydrogen-bond donors (Lipinski definition) is 0. The predicted molar refractivity (Wildman–Crippen MR) is 81.8 cm³/mol. The van der Waals surface area contributed by atoms with Gasteiger partial charge in [-0.1, -0.05) is 0 Å². The minimum absolute atomic E-state index is 0.0828.